The third kappa shape index (κ3) is 10.8. The summed E-state index contributed by atoms with van der Waals surface area (Å²) in [5, 5.41) is 6.64. The summed E-state index contributed by atoms with van der Waals surface area (Å²) in [7, 11) is 3.48. The molecule has 2 heterocycles. The summed E-state index contributed by atoms with van der Waals surface area (Å²) in [5.74, 6) is 0.667. The van der Waals surface area contributed by atoms with Crippen molar-refractivity contribution in [1.82, 2.24) is 20.4 Å². The first-order valence-corrected chi connectivity index (χ1v) is 10.9. The standard InChI is InChI=1S/C20H39N5O4/c1-24(2)19(26)16-23-20(21-7-4-9-25-10-14-27-15-11-25)22-8-5-12-28-17-18-6-3-13-29-18/h18H,3-17H2,1-2H3,(H2,21,22,23). The van der Waals surface area contributed by atoms with Crippen LogP contribution in [0.25, 0.3) is 0 Å². The Morgan fingerprint density at radius 3 is 2.62 bits per heavy atom. The molecule has 0 aromatic heterocycles. The Bertz CT molecular complexity index is 477. The molecule has 2 fully saturated rings. The summed E-state index contributed by atoms with van der Waals surface area (Å²) in [4.78, 5) is 20.2. The molecule has 0 aromatic rings. The van der Waals surface area contributed by atoms with E-state index in [4.69, 9.17) is 14.2 Å². The minimum absolute atomic E-state index is 0.0145. The van der Waals surface area contributed by atoms with Crippen LogP contribution in [0.4, 0.5) is 0 Å². The minimum atomic E-state index is -0.0145. The molecule has 2 N–H and O–H groups in total. The van der Waals surface area contributed by atoms with Crippen LogP contribution < -0.4 is 10.6 Å². The average Bonchev–Trinajstić information content (AvgIpc) is 3.25. The predicted molar refractivity (Wildman–Crippen MR) is 113 cm³/mol. The molecule has 9 heteroatoms. The highest BCUT2D eigenvalue weighted by atomic mass is 16.5. The van der Waals surface area contributed by atoms with Gasteiger partial charge in [-0.15, -0.1) is 0 Å². The molecule has 0 spiro atoms. The first kappa shape index (κ1) is 23.9. The van der Waals surface area contributed by atoms with Crippen molar-refractivity contribution in [3.8, 4) is 0 Å². The molecule has 0 aliphatic carbocycles. The van der Waals surface area contributed by atoms with Crippen LogP contribution >= 0.6 is 0 Å². The van der Waals surface area contributed by atoms with Gasteiger partial charge in [-0.2, -0.15) is 0 Å². The second kappa shape index (κ2) is 14.5. The third-order valence-corrected chi connectivity index (χ3v) is 5.00. The smallest absolute Gasteiger partial charge is 0.243 e. The van der Waals surface area contributed by atoms with Crippen LogP contribution in [0, 0.1) is 0 Å². The molecule has 9 nitrogen and oxygen atoms in total. The number of morpholine rings is 1. The van der Waals surface area contributed by atoms with Gasteiger partial charge in [-0.05, 0) is 32.2 Å². The van der Waals surface area contributed by atoms with E-state index in [9.17, 15) is 4.79 Å². The summed E-state index contributed by atoms with van der Waals surface area (Å²) in [6.07, 6.45) is 4.40. The molecule has 0 radical (unpaired) electrons. The Hall–Kier alpha value is -1.42. The fourth-order valence-electron chi connectivity index (χ4n) is 3.17. The van der Waals surface area contributed by atoms with Gasteiger partial charge in [0, 0.05) is 53.5 Å². The largest absolute Gasteiger partial charge is 0.379 e. The lowest BCUT2D eigenvalue weighted by Gasteiger charge is -2.26. The number of carbonyl (C=O) groups is 1. The number of guanidine groups is 1. The molecular formula is C20H39N5O4. The van der Waals surface area contributed by atoms with Crippen molar-refractivity contribution < 1.29 is 19.0 Å². The van der Waals surface area contributed by atoms with E-state index < -0.39 is 0 Å². The zero-order valence-electron chi connectivity index (χ0n) is 18.2. The van der Waals surface area contributed by atoms with Crippen molar-refractivity contribution in [1.29, 1.82) is 0 Å². The van der Waals surface area contributed by atoms with E-state index in [0.717, 1.165) is 78.2 Å². The zero-order chi connectivity index (χ0) is 20.7. The van der Waals surface area contributed by atoms with E-state index in [1.54, 1.807) is 19.0 Å². The average molecular weight is 414 g/mol. The topological polar surface area (TPSA) is 87.7 Å². The van der Waals surface area contributed by atoms with Gasteiger partial charge in [0.15, 0.2) is 5.96 Å². The van der Waals surface area contributed by atoms with Gasteiger partial charge in [0.05, 0.1) is 25.9 Å². The normalized spacial score (nSPS) is 20.6. The fourth-order valence-corrected chi connectivity index (χ4v) is 3.17. The molecule has 2 rings (SSSR count). The Labute approximate surface area is 175 Å². The summed E-state index contributed by atoms with van der Waals surface area (Å²) in [5.41, 5.74) is 0. The Morgan fingerprint density at radius 2 is 1.93 bits per heavy atom. The lowest BCUT2D eigenvalue weighted by Crippen LogP contribution is -2.41. The molecule has 0 aromatic carbocycles. The van der Waals surface area contributed by atoms with Gasteiger partial charge in [0.2, 0.25) is 5.91 Å². The van der Waals surface area contributed by atoms with Gasteiger partial charge in [0.25, 0.3) is 0 Å². The number of rotatable bonds is 12. The zero-order valence-corrected chi connectivity index (χ0v) is 18.2. The molecule has 2 aliphatic heterocycles. The van der Waals surface area contributed by atoms with E-state index in [-0.39, 0.29) is 18.6 Å². The van der Waals surface area contributed by atoms with Gasteiger partial charge in [0.1, 0.15) is 6.54 Å². The molecule has 0 saturated carbocycles. The Morgan fingerprint density at radius 1 is 1.17 bits per heavy atom. The van der Waals surface area contributed by atoms with Gasteiger partial charge < -0.3 is 29.7 Å². The maximum absolute atomic E-state index is 11.8. The molecule has 0 bridgehead atoms. The third-order valence-electron chi connectivity index (χ3n) is 5.00. The number of hydrogen-bond donors (Lipinski definition) is 2. The molecule has 29 heavy (non-hydrogen) atoms. The highest BCUT2D eigenvalue weighted by Crippen LogP contribution is 2.11. The van der Waals surface area contributed by atoms with Crippen molar-refractivity contribution in [2.45, 2.75) is 31.8 Å². The van der Waals surface area contributed by atoms with Gasteiger partial charge in [-0.3, -0.25) is 9.69 Å². The Kier molecular flexibility index (Phi) is 12.0. The van der Waals surface area contributed by atoms with E-state index in [2.05, 4.69) is 20.5 Å². The van der Waals surface area contributed by atoms with Gasteiger partial charge >= 0.3 is 0 Å². The number of hydrogen-bond acceptors (Lipinski definition) is 6. The van der Waals surface area contributed by atoms with Crippen molar-refractivity contribution in [3.63, 3.8) is 0 Å². The predicted octanol–water partition coefficient (Wildman–Crippen LogP) is -0.0822. The van der Waals surface area contributed by atoms with E-state index in [1.165, 1.54) is 0 Å². The van der Waals surface area contributed by atoms with Crippen LogP contribution in [0.15, 0.2) is 4.99 Å². The summed E-state index contributed by atoms with van der Waals surface area (Å²) < 4.78 is 16.6. The van der Waals surface area contributed by atoms with Crippen LogP contribution in [0.5, 0.6) is 0 Å². The van der Waals surface area contributed by atoms with Crippen LogP contribution in [-0.4, -0.2) is 114 Å². The van der Waals surface area contributed by atoms with Crippen LogP contribution in [-0.2, 0) is 19.0 Å². The number of amides is 1. The van der Waals surface area contributed by atoms with Crippen LogP contribution in [0.1, 0.15) is 25.7 Å². The first-order valence-electron chi connectivity index (χ1n) is 10.9. The molecule has 1 unspecified atom stereocenters. The lowest BCUT2D eigenvalue weighted by atomic mass is 10.2. The van der Waals surface area contributed by atoms with Crippen molar-refractivity contribution >= 4 is 11.9 Å². The summed E-state index contributed by atoms with van der Waals surface area (Å²) in [6.45, 7) is 8.62. The maximum atomic E-state index is 11.8. The Balaban J connectivity index is 1.61. The molecule has 1 atom stereocenters. The first-order chi connectivity index (χ1) is 14.1. The minimum Gasteiger partial charge on any atom is -0.379 e. The number of carbonyl (C=O) groups excluding carboxylic acids is 1. The fraction of sp³-hybridized carbons (Fsp3) is 0.900. The SMILES string of the molecule is CN(C)C(=O)CN=C(NCCCOCC1CCCO1)NCCCN1CCOCC1. The maximum Gasteiger partial charge on any atom is 0.243 e. The van der Waals surface area contributed by atoms with Crippen molar-refractivity contribution in [2.24, 2.45) is 4.99 Å². The quantitative estimate of drug-likeness (QED) is 0.263. The molecule has 2 aliphatic rings. The summed E-state index contributed by atoms with van der Waals surface area (Å²) in [6, 6.07) is 0. The number of aliphatic imine (C=N–C) groups is 1. The van der Waals surface area contributed by atoms with E-state index in [0.29, 0.717) is 19.2 Å². The summed E-state index contributed by atoms with van der Waals surface area (Å²) >= 11 is 0. The number of nitrogens with zero attached hydrogens (tertiary/aromatic N) is 3. The molecular weight excluding hydrogens is 374 g/mol. The van der Waals surface area contributed by atoms with Gasteiger partial charge in [-0.25, -0.2) is 4.99 Å². The highest BCUT2D eigenvalue weighted by Gasteiger charge is 2.15. The van der Waals surface area contributed by atoms with E-state index >= 15 is 0 Å². The lowest BCUT2D eigenvalue weighted by molar-refractivity contribution is -0.127. The van der Waals surface area contributed by atoms with Crippen molar-refractivity contribution in [3.05, 3.63) is 0 Å². The highest BCUT2D eigenvalue weighted by molar-refractivity contribution is 5.84. The molecule has 168 valence electrons. The molecule has 1 amide bonds. The number of ether oxygens (including phenoxy) is 3. The number of likely N-dealkylation sites (N-methyl/N-ethyl adjacent to an activating group) is 1. The van der Waals surface area contributed by atoms with Crippen LogP contribution in [0.2, 0.25) is 0 Å². The number of nitrogens with one attached hydrogen (secondary N) is 2. The second-order valence-corrected chi connectivity index (χ2v) is 7.68. The monoisotopic (exact) mass is 413 g/mol. The van der Waals surface area contributed by atoms with Crippen LogP contribution in [0.3, 0.4) is 0 Å². The van der Waals surface area contributed by atoms with Gasteiger partial charge in [-0.1, -0.05) is 0 Å². The van der Waals surface area contributed by atoms with Crippen molar-refractivity contribution in [2.75, 3.05) is 86.4 Å². The van der Waals surface area contributed by atoms with E-state index in [1.807, 2.05) is 0 Å². The second-order valence-electron chi connectivity index (χ2n) is 7.68. The molecule has 2 saturated heterocycles.